The molecule has 3 nitrogen and oxygen atoms in total. The molecule has 0 saturated heterocycles. The van der Waals surface area contributed by atoms with Gasteiger partial charge >= 0.3 is 0 Å². The average Bonchev–Trinajstić information content (AvgIpc) is 2.26. The van der Waals surface area contributed by atoms with Gasteiger partial charge in [-0.25, -0.2) is 0 Å². The van der Waals surface area contributed by atoms with Crippen molar-refractivity contribution in [3.8, 4) is 17.7 Å². The monoisotopic (exact) mass is 203 g/mol. The molecule has 0 heterocycles. The van der Waals surface area contributed by atoms with Crippen molar-refractivity contribution in [3.63, 3.8) is 0 Å². The minimum absolute atomic E-state index is 0.189. The predicted octanol–water partition coefficient (Wildman–Crippen LogP) is 1.40. The highest BCUT2D eigenvalue weighted by Gasteiger charge is 2.01. The molecular formula is C12H13NO2. The fourth-order valence-electron chi connectivity index (χ4n) is 0.977. The van der Waals surface area contributed by atoms with E-state index in [0.717, 1.165) is 5.75 Å². The van der Waals surface area contributed by atoms with Crippen molar-refractivity contribution < 1.29 is 9.53 Å². The standard InChI is InChI=1S/C12H13NO2/c1-13(2)9-8-12(14)10-4-6-11(15-3)7-5-10/h4-7H,1-3H3. The Morgan fingerprint density at radius 3 is 2.33 bits per heavy atom. The molecule has 0 bridgehead atoms. The Morgan fingerprint density at radius 1 is 1.27 bits per heavy atom. The van der Waals surface area contributed by atoms with Crippen LogP contribution in [0.3, 0.4) is 0 Å². The van der Waals surface area contributed by atoms with Gasteiger partial charge in [0.1, 0.15) is 5.75 Å². The smallest absolute Gasteiger partial charge is 0.237 e. The van der Waals surface area contributed by atoms with Crippen LogP contribution in [0.5, 0.6) is 5.75 Å². The van der Waals surface area contributed by atoms with Gasteiger partial charge in [0, 0.05) is 25.7 Å². The summed E-state index contributed by atoms with van der Waals surface area (Å²) in [5.41, 5.74) is 0.574. The largest absolute Gasteiger partial charge is 0.497 e. The van der Waals surface area contributed by atoms with Crippen LogP contribution >= 0.6 is 0 Å². The maximum atomic E-state index is 11.5. The van der Waals surface area contributed by atoms with Gasteiger partial charge in [-0.1, -0.05) is 0 Å². The first kappa shape index (κ1) is 11.1. The van der Waals surface area contributed by atoms with Gasteiger partial charge in [-0.05, 0) is 30.2 Å². The summed E-state index contributed by atoms with van der Waals surface area (Å²) in [5, 5.41) is 0. The molecule has 0 amide bonds. The molecule has 1 aromatic rings. The molecule has 0 fully saturated rings. The highest BCUT2D eigenvalue weighted by Crippen LogP contribution is 2.11. The molecular weight excluding hydrogens is 190 g/mol. The molecule has 1 rings (SSSR count). The maximum Gasteiger partial charge on any atom is 0.237 e. The van der Waals surface area contributed by atoms with E-state index in [0.29, 0.717) is 5.56 Å². The number of ether oxygens (including phenoxy) is 1. The van der Waals surface area contributed by atoms with Crippen LogP contribution < -0.4 is 4.74 Å². The Hall–Kier alpha value is -1.95. The number of rotatable bonds is 2. The summed E-state index contributed by atoms with van der Waals surface area (Å²) in [5.74, 6) is 3.07. The fourth-order valence-corrected chi connectivity index (χ4v) is 0.977. The van der Waals surface area contributed by atoms with Gasteiger partial charge in [0.05, 0.1) is 7.11 Å². The summed E-state index contributed by atoms with van der Waals surface area (Å²) in [6.07, 6.45) is 0. The first-order valence-electron chi connectivity index (χ1n) is 4.51. The van der Waals surface area contributed by atoms with Crippen molar-refractivity contribution in [1.82, 2.24) is 4.90 Å². The Balaban J connectivity index is 2.80. The molecule has 0 unspecified atom stereocenters. The third-order valence-corrected chi connectivity index (χ3v) is 1.75. The van der Waals surface area contributed by atoms with Crippen LogP contribution in [0.2, 0.25) is 0 Å². The van der Waals surface area contributed by atoms with E-state index in [-0.39, 0.29) is 5.78 Å². The van der Waals surface area contributed by atoms with Gasteiger partial charge in [0.2, 0.25) is 5.78 Å². The van der Waals surface area contributed by atoms with Gasteiger partial charge in [-0.3, -0.25) is 4.79 Å². The summed E-state index contributed by atoms with van der Waals surface area (Å²) in [6, 6.07) is 9.56. The fraction of sp³-hybridized carbons (Fsp3) is 0.250. The second-order valence-corrected chi connectivity index (χ2v) is 3.19. The number of nitrogens with zero attached hydrogens (tertiary/aromatic N) is 1. The number of hydrogen-bond acceptors (Lipinski definition) is 3. The highest BCUT2D eigenvalue weighted by atomic mass is 16.5. The number of hydrogen-bond donors (Lipinski definition) is 0. The van der Waals surface area contributed by atoms with Crippen LogP contribution in [0.4, 0.5) is 0 Å². The van der Waals surface area contributed by atoms with Crippen molar-refractivity contribution >= 4 is 5.78 Å². The topological polar surface area (TPSA) is 29.5 Å². The van der Waals surface area contributed by atoms with Gasteiger partial charge in [0.15, 0.2) is 0 Å². The first-order valence-corrected chi connectivity index (χ1v) is 4.51. The minimum atomic E-state index is -0.189. The molecule has 3 heteroatoms. The van der Waals surface area contributed by atoms with Gasteiger partial charge in [0.25, 0.3) is 0 Å². The summed E-state index contributed by atoms with van der Waals surface area (Å²) in [6.45, 7) is 0. The average molecular weight is 203 g/mol. The molecule has 0 aliphatic heterocycles. The van der Waals surface area contributed by atoms with Crippen LogP contribution in [0, 0.1) is 12.0 Å². The second-order valence-electron chi connectivity index (χ2n) is 3.19. The lowest BCUT2D eigenvalue weighted by atomic mass is 10.1. The number of carbonyl (C=O) groups excluding carboxylic acids is 1. The molecule has 0 aliphatic rings. The third-order valence-electron chi connectivity index (χ3n) is 1.75. The molecule has 0 aliphatic carbocycles. The molecule has 0 N–H and O–H groups in total. The molecule has 0 atom stereocenters. The normalized spacial score (nSPS) is 8.73. The van der Waals surface area contributed by atoms with E-state index in [1.165, 1.54) is 0 Å². The first-order chi connectivity index (χ1) is 7.13. The number of ketones is 1. The summed E-state index contributed by atoms with van der Waals surface area (Å²) >= 11 is 0. The Morgan fingerprint density at radius 2 is 1.87 bits per heavy atom. The summed E-state index contributed by atoms with van der Waals surface area (Å²) in [7, 11) is 5.16. The lowest BCUT2D eigenvalue weighted by Crippen LogP contribution is -2.03. The molecule has 0 spiro atoms. The van der Waals surface area contributed by atoms with Crippen LogP contribution in [0.1, 0.15) is 10.4 Å². The van der Waals surface area contributed by atoms with Crippen molar-refractivity contribution in [1.29, 1.82) is 0 Å². The second kappa shape index (κ2) is 5.06. The van der Waals surface area contributed by atoms with E-state index < -0.39 is 0 Å². The van der Waals surface area contributed by atoms with Crippen LogP contribution in [-0.4, -0.2) is 31.9 Å². The van der Waals surface area contributed by atoms with Crippen LogP contribution in [-0.2, 0) is 0 Å². The minimum Gasteiger partial charge on any atom is -0.497 e. The highest BCUT2D eigenvalue weighted by molar-refractivity contribution is 6.08. The van der Waals surface area contributed by atoms with E-state index in [4.69, 9.17) is 4.74 Å². The Kier molecular flexibility index (Phi) is 3.75. The number of methoxy groups -OCH3 is 1. The Bertz CT molecular complexity index is 396. The van der Waals surface area contributed by atoms with E-state index in [1.807, 2.05) is 0 Å². The molecule has 1 aromatic carbocycles. The zero-order valence-electron chi connectivity index (χ0n) is 9.07. The van der Waals surface area contributed by atoms with Gasteiger partial charge < -0.3 is 9.64 Å². The number of carbonyl (C=O) groups is 1. The van der Waals surface area contributed by atoms with E-state index in [9.17, 15) is 4.79 Å². The van der Waals surface area contributed by atoms with Crippen molar-refractivity contribution in [2.45, 2.75) is 0 Å². The third kappa shape index (κ3) is 3.35. The number of Topliss-reactive ketones (excluding diaryl/α,β-unsaturated/α-hetero) is 1. The zero-order valence-corrected chi connectivity index (χ0v) is 9.07. The van der Waals surface area contributed by atoms with Crippen molar-refractivity contribution in [3.05, 3.63) is 29.8 Å². The molecule has 0 aromatic heterocycles. The molecule has 0 radical (unpaired) electrons. The van der Waals surface area contributed by atoms with Gasteiger partial charge in [-0.2, -0.15) is 0 Å². The summed E-state index contributed by atoms with van der Waals surface area (Å²) in [4.78, 5) is 13.1. The molecule has 78 valence electrons. The summed E-state index contributed by atoms with van der Waals surface area (Å²) < 4.78 is 4.99. The number of benzene rings is 1. The van der Waals surface area contributed by atoms with E-state index in [2.05, 4.69) is 12.0 Å². The van der Waals surface area contributed by atoms with Crippen molar-refractivity contribution in [2.75, 3.05) is 21.2 Å². The zero-order chi connectivity index (χ0) is 11.3. The molecule has 0 saturated carbocycles. The quantitative estimate of drug-likeness (QED) is 0.413. The lowest BCUT2D eigenvalue weighted by molar-refractivity contribution is 0.105. The SMILES string of the molecule is COc1ccc(C(=O)C#CN(C)C)cc1. The van der Waals surface area contributed by atoms with Crippen molar-refractivity contribution in [2.24, 2.45) is 0 Å². The Labute approximate surface area is 89.7 Å². The van der Waals surface area contributed by atoms with E-state index >= 15 is 0 Å². The molecule has 15 heavy (non-hydrogen) atoms. The van der Waals surface area contributed by atoms with Crippen LogP contribution in [0.25, 0.3) is 0 Å². The van der Waals surface area contributed by atoms with Gasteiger partial charge in [-0.15, -0.1) is 0 Å². The van der Waals surface area contributed by atoms with E-state index in [1.54, 1.807) is 50.4 Å². The predicted molar refractivity (Wildman–Crippen MR) is 58.8 cm³/mol. The maximum absolute atomic E-state index is 11.5. The van der Waals surface area contributed by atoms with Crippen LogP contribution in [0.15, 0.2) is 24.3 Å². The lowest BCUT2D eigenvalue weighted by Gasteiger charge is -2.00.